The Kier molecular flexibility index (Phi) is 5.88. The van der Waals surface area contributed by atoms with Gasteiger partial charge in [0.2, 0.25) is 0 Å². The fraction of sp³-hybridized carbons (Fsp3) is 0.0500. The van der Waals surface area contributed by atoms with Crippen LogP contribution in [0.15, 0.2) is 64.5 Å². The molecule has 0 atom stereocenters. The molecule has 8 nitrogen and oxygen atoms in total. The van der Waals surface area contributed by atoms with Crippen LogP contribution in [0.1, 0.15) is 23.0 Å². The van der Waals surface area contributed by atoms with E-state index < -0.39 is 23.4 Å². The predicted octanol–water partition coefficient (Wildman–Crippen LogP) is 2.27. The van der Waals surface area contributed by atoms with Gasteiger partial charge in [0.15, 0.2) is 0 Å². The Balaban J connectivity index is 1.70. The Hall–Kier alpha value is -4.14. The van der Waals surface area contributed by atoms with Crippen molar-refractivity contribution < 1.29 is 18.7 Å². The number of nitrogens with one attached hydrogen (secondary N) is 2. The van der Waals surface area contributed by atoms with Gasteiger partial charge in [-0.1, -0.05) is 0 Å². The smallest absolute Gasteiger partial charge is 0.346 e. The van der Waals surface area contributed by atoms with Crippen LogP contribution < -0.4 is 15.9 Å². The van der Waals surface area contributed by atoms with Crippen molar-refractivity contribution in [1.82, 2.24) is 15.4 Å². The molecule has 1 amide bonds. The van der Waals surface area contributed by atoms with E-state index in [0.29, 0.717) is 16.9 Å². The number of aromatic nitrogens is 2. The SMILES string of the molecule is CC(=O)Oc1ccc(/C=N/NC(=O)c2cc(-c3ccc(F)cc3)nc(=O)[nH]2)cc1. The highest BCUT2D eigenvalue weighted by Crippen LogP contribution is 2.16. The Bertz CT molecular complexity index is 1120. The van der Waals surface area contributed by atoms with Crippen molar-refractivity contribution in [3.8, 4) is 17.0 Å². The largest absolute Gasteiger partial charge is 0.427 e. The topological polar surface area (TPSA) is 114 Å². The second-order valence-electron chi connectivity index (χ2n) is 5.85. The predicted molar refractivity (Wildman–Crippen MR) is 103 cm³/mol. The maximum absolute atomic E-state index is 13.1. The lowest BCUT2D eigenvalue weighted by Crippen LogP contribution is -2.24. The molecule has 1 heterocycles. The Morgan fingerprint density at radius 1 is 1.14 bits per heavy atom. The summed E-state index contributed by atoms with van der Waals surface area (Å²) in [7, 11) is 0. The molecular formula is C20H15FN4O4. The van der Waals surface area contributed by atoms with Crippen molar-refractivity contribution in [3.63, 3.8) is 0 Å². The van der Waals surface area contributed by atoms with Gasteiger partial charge in [-0.3, -0.25) is 9.59 Å². The van der Waals surface area contributed by atoms with Crippen LogP contribution in [0, 0.1) is 5.82 Å². The molecule has 2 aromatic carbocycles. The number of carbonyl (C=O) groups excluding carboxylic acids is 2. The number of amides is 1. The molecule has 0 aliphatic heterocycles. The fourth-order valence-electron chi connectivity index (χ4n) is 2.36. The number of hydrazone groups is 1. The molecule has 0 fully saturated rings. The normalized spacial score (nSPS) is 10.7. The zero-order chi connectivity index (χ0) is 20.8. The first-order valence-corrected chi connectivity index (χ1v) is 8.40. The highest BCUT2D eigenvalue weighted by molar-refractivity contribution is 5.93. The Morgan fingerprint density at radius 2 is 1.83 bits per heavy atom. The standard InChI is InChI=1S/C20H15FN4O4/c1-12(26)29-16-8-2-13(3-9-16)11-22-25-19(27)18-10-17(23-20(28)24-18)14-4-6-15(21)7-5-14/h2-11H,1H3,(H,25,27)(H,23,24,28)/b22-11+. The molecule has 0 saturated carbocycles. The van der Waals surface area contributed by atoms with Crippen LogP contribution in [0.3, 0.4) is 0 Å². The molecule has 0 unspecified atom stereocenters. The summed E-state index contributed by atoms with van der Waals surface area (Å²) >= 11 is 0. The summed E-state index contributed by atoms with van der Waals surface area (Å²) in [5.41, 5.74) is 2.89. The molecule has 3 rings (SSSR count). The number of carbonyl (C=O) groups is 2. The van der Waals surface area contributed by atoms with Gasteiger partial charge in [-0.25, -0.2) is 14.6 Å². The van der Waals surface area contributed by atoms with Gasteiger partial charge in [0.1, 0.15) is 17.3 Å². The van der Waals surface area contributed by atoms with Gasteiger partial charge in [-0.2, -0.15) is 10.1 Å². The molecule has 3 aromatic rings. The summed E-state index contributed by atoms with van der Waals surface area (Å²) < 4.78 is 18.0. The maximum atomic E-state index is 13.1. The summed E-state index contributed by atoms with van der Waals surface area (Å²) in [4.78, 5) is 41.0. The molecule has 0 radical (unpaired) electrons. The van der Waals surface area contributed by atoms with E-state index in [1.54, 1.807) is 24.3 Å². The van der Waals surface area contributed by atoms with Crippen molar-refractivity contribution >= 4 is 18.1 Å². The first-order valence-electron chi connectivity index (χ1n) is 8.40. The van der Waals surface area contributed by atoms with Crippen molar-refractivity contribution in [1.29, 1.82) is 0 Å². The van der Waals surface area contributed by atoms with Crippen LogP contribution in [-0.4, -0.2) is 28.1 Å². The number of hydrogen-bond acceptors (Lipinski definition) is 6. The summed E-state index contributed by atoms with van der Waals surface area (Å²) in [6.07, 6.45) is 1.38. The van der Waals surface area contributed by atoms with Crippen molar-refractivity contribution in [2.45, 2.75) is 6.92 Å². The zero-order valence-corrected chi connectivity index (χ0v) is 15.2. The van der Waals surface area contributed by atoms with E-state index in [4.69, 9.17) is 4.74 Å². The van der Waals surface area contributed by atoms with Gasteiger partial charge in [0.25, 0.3) is 5.91 Å². The molecule has 0 spiro atoms. The van der Waals surface area contributed by atoms with Gasteiger partial charge in [-0.05, 0) is 60.2 Å². The van der Waals surface area contributed by atoms with Crippen LogP contribution in [0.2, 0.25) is 0 Å². The number of ether oxygens (including phenoxy) is 1. The van der Waals surface area contributed by atoms with Gasteiger partial charge in [-0.15, -0.1) is 0 Å². The summed E-state index contributed by atoms with van der Waals surface area (Å²) in [5, 5.41) is 3.83. The number of aromatic amines is 1. The lowest BCUT2D eigenvalue weighted by molar-refractivity contribution is -0.131. The van der Waals surface area contributed by atoms with Crippen LogP contribution >= 0.6 is 0 Å². The van der Waals surface area contributed by atoms with Gasteiger partial charge in [0.05, 0.1) is 11.9 Å². The molecular weight excluding hydrogens is 379 g/mol. The highest BCUT2D eigenvalue weighted by atomic mass is 19.1. The first-order chi connectivity index (χ1) is 13.9. The molecule has 0 saturated heterocycles. The molecule has 146 valence electrons. The molecule has 1 aromatic heterocycles. The molecule has 2 N–H and O–H groups in total. The number of hydrogen-bond donors (Lipinski definition) is 2. The number of esters is 1. The number of rotatable bonds is 5. The summed E-state index contributed by atoms with van der Waals surface area (Å²) in [5.74, 6) is -1.11. The minimum absolute atomic E-state index is 0.0494. The van der Waals surface area contributed by atoms with Crippen molar-refractivity contribution in [3.05, 3.63) is 82.2 Å². The maximum Gasteiger partial charge on any atom is 0.346 e. The third kappa shape index (κ3) is 5.42. The molecule has 0 bridgehead atoms. The van der Waals surface area contributed by atoms with Crippen LogP contribution in [0.5, 0.6) is 5.75 Å². The third-order valence-corrected chi connectivity index (χ3v) is 3.65. The first kappa shape index (κ1) is 19.6. The number of halogens is 1. The third-order valence-electron chi connectivity index (χ3n) is 3.65. The number of benzene rings is 2. The fourth-order valence-corrected chi connectivity index (χ4v) is 2.36. The second kappa shape index (κ2) is 8.70. The van der Waals surface area contributed by atoms with E-state index >= 15 is 0 Å². The van der Waals surface area contributed by atoms with Crippen molar-refractivity contribution in [2.24, 2.45) is 5.10 Å². The van der Waals surface area contributed by atoms with E-state index in [0.717, 1.165) is 0 Å². The summed E-state index contributed by atoms with van der Waals surface area (Å²) in [6, 6.07) is 13.2. The van der Waals surface area contributed by atoms with Crippen molar-refractivity contribution in [2.75, 3.05) is 0 Å². The Morgan fingerprint density at radius 3 is 2.48 bits per heavy atom. The van der Waals surface area contributed by atoms with Crippen LogP contribution in [0.4, 0.5) is 4.39 Å². The van der Waals surface area contributed by atoms with E-state index in [1.165, 1.54) is 43.5 Å². The minimum Gasteiger partial charge on any atom is -0.427 e. The molecule has 29 heavy (non-hydrogen) atoms. The van der Waals surface area contributed by atoms with E-state index in [9.17, 15) is 18.8 Å². The zero-order valence-electron chi connectivity index (χ0n) is 15.2. The molecule has 9 heteroatoms. The van der Waals surface area contributed by atoms with Crippen LogP contribution in [0.25, 0.3) is 11.3 Å². The highest BCUT2D eigenvalue weighted by Gasteiger charge is 2.10. The molecule has 0 aliphatic rings. The average molecular weight is 394 g/mol. The Labute approximate surface area is 164 Å². The molecule has 0 aliphatic carbocycles. The second-order valence-corrected chi connectivity index (χ2v) is 5.85. The average Bonchev–Trinajstić information content (AvgIpc) is 2.69. The van der Waals surface area contributed by atoms with E-state index in [2.05, 4.69) is 20.5 Å². The lowest BCUT2D eigenvalue weighted by Gasteiger charge is -2.04. The van der Waals surface area contributed by atoms with Gasteiger partial charge in [0, 0.05) is 12.5 Å². The monoisotopic (exact) mass is 394 g/mol. The van der Waals surface area contributed by atoms with E-state index in [1.807, 2.05) is 0 Å². The van der Waals surface area contributed by atoms with Gasteiger partial charge >= 0.3 is 11.7 Å². The minimum atomic E-state index is -0.720. The number of nitrogens with zero attached hydrogens (tertiary/aromatic N) is 2. The van der Waals surface area contributed by atoms with Crippen LogP contribution in [-0.2, 0) is 4.79 Å². The van der Waals surface area contributed by atoms with Gasteiger partial charge < -0.3 is 9.72 Å². The lowest BCUT2D eigenvalue weighted by atomic mass is 10.1. The quantitative estimate of drug-likeness (QED) is 0.298. The summed E-state index contributed by atoms with van der Waals surface area (Å²) in [6.45, 7) is 1.30. The van der Waals surface area contributed by atoms with E-state index in [-0.39, 0.29) is 11.4 Å². The number of H-pyrrole nitrogens is 1.